The number of hydrogen-bond acceptors (Lipinski definition) is 4. The van der Waals surface area contributed by atoms with E-state index in [9.17, 15) is 4.79 Å². The minimum atomic E-state index is -0.0902. The minimum Gasteiger partial charge on any atom is -0.399 e. The molecule has 1 aromatic rings. The number of amides is 1. The summed E-state index contributed by atoms with van der Waals surface area (Å²) in [4.78, 5) is 11.4. The Morgan fingerprint density at radius 2 is 2.29 bits per heavy atom. The zero-order chi connectivity index (χ0) is 12.7. The number of carbonyl (C=O) groups excluding carboxylic acids is 1. The third-order valence-electron chi connectivity index (χ3n) is 2.18. The van der Waals surface area contributed by atoms with Gasteiger partial charge in [-0.3, -0.25) is 4.79 Å². The standard InChI is InChI=1S/C12H16N4O/c1-2-5-15-12(17)8-16-11-4-3-10(14)6-9(11)7-13/h3-4,6,16H,2,5,8,14H2,1H3,(H,15,17). The second-order valence-electron chi connectivity index (χ2n) is 3.62. The van der Waals surface area contributed by atoms with Crippen LogP contribution in [0.2, 0.25) is 0 Å². The SMILES string of the molecule is CCCNC(=O)CNc1ccc(N)cc1C#N. The van der Waals surface area contributed by atoms with Crippen LogP contribution in [0.3, 0.4) is 0 Å². The van der Waals surface area contributed by atoms with Gasteiger partial charge in [0.25, 0.3) is 0 Å². The lowest BCUT2D eigenvalue weighted by Gasteiger charge is -2.08. The molecule has 0 aliphatic rings. The summed E-state index contributed by atoms with van der Waals surface area (Å²) in [5.41, 5.74) is 7.15. The predicted octanol–water partition coefficient (Wildman–Crippen LogP) is 1.08. The molecule has 5 heteroatoms. The highest BCUT2D eigenvalue weighted by Crippen LogP contribution is 2.17. The lowest BCUT2D eigenvalue weighted by Crippen LogP contribution is -2.30. The van der Waals surface area contributed by atoms with Gasteiger partial charge < -0.3 is 16.4 Å². The van der Waals surface area contributed by atoms with Gasteiger partial charge in [-0.15, -0.1) is 0 Å². The van der Waals surface area contributed by atoms with Crippen molar-refractivity contribution < 1.29 is 4.79 Å². The molecule has 1 amide bonds. The second-order valence-corrected chi connectivity index (χ2v) is 3.62. The summed E-state index contributed by atoms with van der Waals surface area (Å²) in [5, 5.41) is 14.6. The number of anilines is 2. The van der Waals surface area contributed by atoms with Crippen LogP contribution in [0.4, 0.5) is 11.4 Å². The van der Waals surface area contributed by atoms with Gasteiger partial charge in [0.15, 0.2) is 0 Å². The molecular formula is C12H16N4O. The van der Waals surface area contributed by atoms with Crippen molar-refractivity contribution in [1.29, 1.82) is 5.26 Å². The number of nitrogen functional groups attached to an aromatic ring is 1. The van der Waals surface area contributed by atoms with E-state index in [4.69, 9.17) is 11.0 Å². The smallest absolute Gasteiger partial charge is 0.239 e. The van der Waals surface area contributed by atoms with E-state index in [-0.39, 0.29) is 12.5 Å². The Morgan fingerprint density at radius 3 is 2.94 bits per heavy atom. The maximum Gasteiger partial charge on any atom is 0.239 e. The first-order chi connectivity index (χ1) is 8.17. The summed E-state index contributed by atoms with van der Waals surface area (Å²) in [6, 6.07) is 6.99. The number of carbonyl (C=O) groups is 1. The molecule has 0 atom stereocenters. The zero-order valence-corrected chi connectivity index (χ0v) is 9.79. The van der Waals surface area contributed by atoms with Crippen molar-refractivity contribution in [3.8, 4) is 6.07 Å². The molecule has 1 aromatic carbocycles. The largest absolute Gasteiger partial charge is 0.399 e. The van der Waals surface area contributed by atoms with Crippen LogP contribution in [0.5, 0.6) is 0 Å². The number of rotatable bonds is 5. The second kappa shape index (κ2) is 6.38. The maximum absolute atomic E-state index is 11.4. The molecule has 0 aromatic heterocycles. The maximum atomic E-state index is 11.4. The quantitative estimate of drug-likeness (QED) is 0.662. The molecule has 0 saturated heterocycles. The van der Waals surface area contributed by atoms with E-state index in [1.807, 2.05) is 13.0 Å². The van der Waals surface area contributed by atoms with Crippen molar-refractivity contribution in [2.24, 2.45) is 0 Å². The van der Waals surface area contributed by atoms with Crippen LogP contribution in [-0.4, -0.2) is 19.0 Å². The van der Waals surface area contributed by atoms with E-state index in [1.165, 1.54) is 0 Å². The van der Waals surface area contributed by atoms with Gasteiger partial charge in [-0.05, 0) is 24.6 Å². The molecule has 90 valence electrons. The number of nitrogens with one attached hydrogen (secondary N) is 2. The van der Waals surface area contributed by atoms with Gasteiger partial charge in [-0.1, -0.05) is 6.92 Å². The molecule has 0 heterocycles. The fraction of sp³-hybridized carbons (Fsp3) is 0.333. The minimum absolute atomic E-state index is 0.0902. The molecule has 1 rings (SSSR count). The molecule has 0 fully saturated rings. The number of benzene rings is 1. The average Bonchev–Trinajstić information content (AvgIpc) is 2.34. The summed E-state index contributed by atoms with van der Waals surface area (Å²) >= 11 is 0. The normalized spacial score (nSPS) is 9.41. The van der Waals surface area contributed by atoms with Crippen molar-refractivity contribution in [3.63, 3.8) is 0 Å². The summed E-state index contributed by atoms with van der Waals surface area (Å²) in [6.07, 6.45) is 0.900. The highest BCUT2D eigenvalue weighted by atomic mass is 16.1. The third kappa shape index (κ3) is 4.03. The third-order valence-corrected chi connectivity index (χ3v) is 2.18. The molecule has 0 unspecified atom stereocenters. The van der Waals surface area contributed by atoms with Crippen LogP contribution in [0.15, 0.2) is 18.2 Å². The lowest BCUT2D eigenvalue weighted by atomic mass is 10.1. The highest BCUT2D eigenvalue weighted by molar-refractivity contribution is 5.81. The fourth-order valence-electron chi connectivity index (χ4n) is 1.31. The van der Waals surface area contributed by atoms with Crippen LogP contribution in [0, 0.1) is 11.3 Å². The van der Waals surface area contributed by atoms with Gasteiger partial charge in [-0.2, -0.15) is 5.26 Å². The van der Waals surface area contributed by atoms with Gasteiger partial charge in [-0.25, -0.2) is 0 Å². The van der Waals surface area contributed by atoms with Gasteiger partial charge in [0.05, 0.1) is 17.8 Å². The summed E-state index contributed by atoms with van der Waals surface area (Å²) in [6.45, 7) is 2.80. The van der Waals surface area contributed by atoms with Gasteiger partial charge >= 0.3 is 0 Å². The Hall–Kier alpha value is -2.22. The van der Waals surface area contributed by atoms with Gasteiger partial charge in [0.1, 0.15) is 6.07 Å². The molecule has 17 heavy (non-hydrogen) atoms. The fourth-order valence-corrected chi connectivity index (χ4v) is 1.31. The number of nitrogens with zero attached hydrogens (tertiary/aromatic N) is 1. The molecule has 0 radical (unpaired) electrons. The summed E-state index contributed by atoms with van der Waals surface area (Å²) in [7, 11) is 0. The summed E-state index contributed by atoms with van der Waals surface area (Å²) < 4.78 is 0. The predicted molar refractivity (Wildman–Crippen MR) is 67.4 cm³/mol. The first kappa shape index (κ1) is 12.8. The Bertz CT molecular complexity index is 437. The van der Waals surface area contributed by atoms with Crippen LogP contribution < -0.4 is 16.4 Å². The molecule has 4 N–H and O–H groups in total. The van der Waals surface area contributed by atoms with E-state index < -0.39 is 0 Å². The lowest BCUT2D eigenvalue weighted by molar-refractivity contribution is -0.119. The zero-order valence-electron chi connectivity index (χ0n) is 9.79. The summed E-state index contributed by atoms with van der Waals surface area (Å²) in [5.74, 6) is -0.0902. The molecule has 0 aliphatic heterocycles. The number of hydrogen-bond donors (Lipinski definition) is 3. The molecule has 0 bridgehead atoms. The van der Waals surface area contributed by atoms with Crippen molar-refractivity contribution in [1.82, 2.24) is 5.32 Å². The Morgan fingerprint density at radius 1 is 1.53 bits per heavy atom. The van der Waals surface area contributed by atoms with E-state index in [2.05, 4.69) is 10.6 Å². The molecule has 0 saturated carbocycles. The average molecular weight is 232 g/mol. The van der Waals surface area contributed by atoms with Crippen molar-refractivity contribution in [3.05, 3.63) is 23.8 Å². The number of nitrogens with two attached hydrogens (primary N) is 1. The van der Waals surface area contributed by atoms with Crippen LogP contribution in [-0.2, 0) is 4.79 Å². The van der Waals surface area contributed by atoms with Crippen molar-refractivity contribution in [2.45, 2.75) is 13.3 Å². The van der Waals surface area contributed by atoms with E-state index >= 15 is 0 Å². The Balaban J connectivity index is 2.58. The van der Waals surface area contributed by atoms with Gasteiger partial charge in [0.2, 0.25) is 5.91 Å². The first-order valence-corrected chi connectivity index (χ1v) is 5.47. The van der Waals surface area contributed by atoms with Crippen LogP contribution >= 0.6 is 0 Å². The Labute approximate surface area is 101 Å². The molecular weight excluding hydrogens is 216 g/mol. The number of nitriles is 1. The van der Waals surface area contributed by atoms with Crippen LogP contribution in [0.1, 0.15) is 18.9 Å². The Kier molecular flexibility index (Phi) is 4.82. The van der Waals surface area contributed by atoms with E-state index in [0.717, 1.165) is 6.42 Å². The van der Waals surface area contributed by atoms with E-state index in [0.29, 0.717) is 23.5 Å². The first-order valence-electron chi connectivity index (χ1n) is 5.47. The molecule has 0 spiro atoms. The topological polar surface area (TPSA) is 90.9 Å². The van der Waals surface area contributed by atoms with E-state index in [1.54, 1.807) is 18.2 Å². The van der Waals surface area contributed by atoms with Crippen molar-refractivity contribution in [2.75, 3.05) is 24.1 Å². The monoisotopic (exact) mass is 232 g/mol. The highest BCUT2D eigenvalue weighted by Gasteiger charge is 2.04. The molecule has 5 nitrogen and oxygen atoms in total. The van der Waals surface area contributed by atoms with Gasteiger partial charge in [0, 0.05) is 12.2 Å². The van der Waals surface area contributed by atoms with Crippen molar-refractivity contribution >= 4 is 17.3 Å². The molecule has 0 aliphatic carbocycles. The van der Waals surface area contributed by atoms with Crippen LogP contribution in [0.25, 0.3) is 0 Å².